The van der Waals surface area contributed by atoms with Gasteiger partial charge in [0.05, 0.1) is 0 Å². The van der Waals surface area contributed by atoms with Crippen LogP contribution in [0.1, 0.15) is 75.6 Å². The molecule has 6 heteroatoms. The smallest absolute Gasteiger partial charge is 0.179 e. The minimum atomic E-state index is 0.102. The summed E-state index contributed by atoms with van der Waals surface area (Å²) in [6, 6.07) is 4.73. The van der Waals surface area contributed by atoms with Crippen molar-refractivity contribution < 1.29 is 0 Å². The Labute approximate surface area is 143 Å². The molecule has 2 fully saturated rings. The largest absolute Gasteiger partial charge is 0.364 e. The maximum atomic E-state index is 9.24. The second-order valence-corrected chi connectivity index (χ2v) is 6.80. The van der Waals surface area contributed by atoms with Crippen molar-refractivity contribution in [2.24, 2.45) is 0 Å². The first-order valence-electron chi connectivity index (χ1n) is 9.05. The Morgan fingerprint density at radius 2 is 1.04 bits per heavy atom. The normalized spacial score (nSPS) is 19.2. The second-order valence-electron chi connectivity index (χ2n) is 6.80. The number of hydrogen-bond acceptors (Lipinski definition) is 6. The van der Waals surface area contributed by atoms with Gasteiger partial charge in [0.15, 0.2) is 23.0 Å². The van der Waals surface area contributed by atoms with E-state index in [-0.39, 0.29) is 11.4 Å². The highest BCUT2D eigenvalue weighted by Crippen LogP contribution is 2.28. The van der Waals surface area contributed by atoms with E-state index in [2.05, 4.69) is 20.6 Å². The van der Waals surface area contributed by atoms with Gasteiger partial charge in [-0.25, -0.2) is 9.97 Å². The van der Waals surface area contributed by atoms with E-state index in [0.29, 0.717) is 23.7 Å². The molecule has 0 aromatic carbocycles. The summed E-state index contributed by atoms with van der Waals surface area (Å²) >= 11 is 0. The van der Waals surface area contributed by atoms with Crippen LogP contribution in [0.4, 0.5) is 11.6 Å². The van der Waals surface area contributed by atoms with Gasteiger partial charge in [-0.1, -0.05) is 38.5 Å². The first-order valence-corrected chi connectivity index (χ1v) is 9.05. The molecule has 24 heavy (non-hydrogen) atoms. The third-order valence-electron chi connectivity index (χ3n) is 5.00. The molecule has 0 radical (unpaired) electrons. The van der Waals surface area contributed by atoms with Crippen LogP contribution in [0.15, 0.2) is 0 Å². The van der Waals surface area contributed by atoms with Crippen LogP contribution >= 0.6 is 0 Å². The van der Waals surface area contributed by atoms with E-state index in [0.717, 1.165) is 25.7 Å². The first-order chi connectivity index (χ1) is 11.8. The maximum Gasteiger partial charge on any atom is 0.179 e. The summed E-state index contributed by atoms with van der Waals surface area (Å²) in [5.74, 6) is 1.26. The van der Waals surface area contributed by atoms with E-state index in [1.165, 1.54) is 38.5 Å². The zero-order chi connectivity index (χ0) is 16.8. The Bertz CT molecular complexity index is 588. The Kier molecular flexibility index (Phi) is 5.48. The van der Waals surface area contributed by atoms with Crippen LogP contribution in [-0.2, 0) is 0 Å². The van der Waals surface area contributed by atoms with E-state index in [1.807, 2.05) is 12.1 Å². The molecule has 3 rings (SSSR count). The lowest BCUT2D eigenvalue weighted by atomic mass is 9.95. The molecular weight excluding hydrogens is 300 g/mol. The molecule has 0 spiro atoms. The van der Waals surface area contributed by atoms with Crippen molar-refractivity contribution in [1.82, 2.24) is 9.97 Å². The van der Waals surface area contributed by atoms with Crippen molar-refractivity contribution in [3.63, 3.8) is 0 Å². The zero-order valence-electron chi connectivity index (χ0n) is 14.0. The van der Waals surface area contributed by atoms with Gasteiger partial charge < -0.3 is 10.6 Å². The lowest BCUT2D eigenvalue weighted by molar-refractivity contribution is 0.458. The Morgan fingerprint density at radius 1 is 0.667 bits per heavy atom. The summed E-state index contributed by atoms with van der Waals surface area (Å²) in [7, 11) is 0. The molecule has 0 saturated heterocycles. The number of rotatable bonds is 4. The van der Waals surface area contributed by atoms with Gasteiger partial charge >= 0.3 is 0 Å². The molecule has 0 amide bonds. The van der Waals surface area contributed by atoms with Crippen LogP contribution in [0.25, 0.3) is 0 Å². The van der Waals surface area contributed by atoms with Crippen LogP contribution in [0.3, 0.4) is 0 Å². The molecule has 0 unspecified atom stereocenters. The summed E-state index contributed by atoms with van der Waals surface area (Å²) in [6.45, 7) is 0. The molecule has 126 valence electrons. The van der Waals surface area contributed by atoms with E-state index >= 15 is 0 Å². The van der Waals surface area contributed by atoms with Crippen molar-refractivity contribution in [3.05, 3.63) is 11.4 Å². The SMILES string of the molecule is N#Cc1nc(NC2CCCCC2)c(NC2CCCCC2)nc1C#N. The van der Waals surface area contributed by atoms with Crippen LogP contribution < -0.4 is 10.6 Å². The molecule has 2 aliphatic carbocycles. The van der Waals surface area contributed by atoms with Gasteiger partial charge in [0.1, 0.15) is 12.1 Å². The number of nitrogens with one attached hydrogen (secondary N) is 2. The van der Waals surface area contributed by atoms with Gasteiger partial charge in [-0.2, -0.15) is 10.5 Å². The lowest BCUT2D eigenvalue weighted by Crippen LogP contribution is -2.27. The highest BCUT2D eigenvalue weighted by atomic mass is 15.1. The number of nitrogens with zero attached hydrogens (tertiary/aromatic N) is 4. The molecule has 1 aromatic heterocycles. The van der Waals surface area contributed by atoms with Gasteiger partial charge in [-0.15, -0.1) is 0 Å². The number of anilines is 2. The van der Waals surface area contributed by atoms with Gasteiger partial charge in [-0.05, 0) is 25.7 Å². The average Bonchev–Trinajstić information content (AvgIpc) is 2.64. The van der Waals surface area contributed by atoms with Gasteiger partial charge in [0, 0.05) is 12.1 Å². The van der Waals surface area contributed by atoms with Crippen molar-refractivity contribution >= 4 is 11.6 Å². The highest BCUT2D eigenvalue weighted by molar-refractivity contribution is 5.63. The lowest BCUT2D eigenvalue weighted by Gasteiger charge is -2.27. The molecule has 2 N–H and O–H groups in total. The quantitative estimate of drug-likeness (QED) is 0.876. The zero-order valence-corrected chi connectivity index (χ0v) is 14.0. The maximum absolute atomic E-state index is 9.24. The third kappa shape index (κ3) is 3.94. The fourth-order valence-electron chi connectivity index (χ4n) is 3.67. The summed E-state index contributed by atoms with van der Waals surface area (Å²) in [6.07, 6.45) is 11.9. The van der Waals surface area contributed by atoms with E-state index < -0.39 is 0 Å². The Balaban J connectivity index is 1.85. The van der Waals surface area contributed by atoms with Crippen molar-refractivity contribution in [2.75, 3.05) is 10.6 Å². The van der Waals surface area contributed by atoms with Gasteiger partial charge in [0.25, 0.3) is 0 Å². The van der Waals surface area contributed by atoms with Crippen LogP contribution in [0.2, 0.25) is 0 Å². The summed E-state index contributed by atoms with van der Waals surface area (Å²) in [4.78, 5) is 8.80. The molecule has 0 bridgehead atoms. The summed E-state index contributed by atoms with van der Waals surface area (Å²) < 4.78 is 0. The van der Waals surface area contributed by atoms with Crippen LogP contribution in [-0.4, -0.2) is 22.1 Å². The predicted octanol–water partition coefficient (Wildman–Crippen LogP) is 3.71. The standard InChI is InChI=1S/C18H24N6/c19-11-15-16(12-20)24-18(22-14-9-5-2-6-10-14)17(23-15)21-13-7-3-1-4-8-13/h13-14H,1-10H2,(H,21,23)(H,22,24). The molecule has 2 aliphatic rings. The summed E-state index contributed by atoms with van der Waals surface area (Å²) in [5.41, 5.74) is 0.204. The van der Waals surface area contributed by atoms with Crippen LogP contribution in [0.5, 0.6) is 0 Å². The van der Waals surface area contributed by atoms with E-state index in [4.69, 9.17) is 0 Å². The Morgan fingerprint density at radius 3 is 1.38 bits per heavy atom. The van der Waals surface area contributed by atoms with Crippen LogP contribution in [0, 0.1) is 22.7 Å². The molecule has 1 aromatic rings. The molecule has 0 aliphatic heterocycles. The topological polar surface area (TPSA) is 97.4 Å². The monoisotopic (exact) mass is 324 g/mol. The number of nitriles is 2. The van der Waals surface area contributed by atoms with Crippen molar-refractivity contribution in [3.8, 4) is 12.1 Å². The number of aromatic nitrogens is 2. The van der Waals surface area contributed by atoms with Crippen molar-refractivity contribution in [2.45, 2.75) is 76.3 Å². The van der Waals surface area contributed by atoms with E-state index in [9.17, 15) is 10.5 Å². The van der Waals surface area contributed by atoms with E-state index in [1.54, 1.807) is 0 Å². The first kappa shape index (κ1) is 16.5. The van der Waals surface area contributed by atoms with Crippen molar-refractivity contribution in [1.29, 1.82) is 10.5 Å². The minimum absolute atomic E-state index is 0.102. The number of hydrogen-bond donors (Lipinski definition) is 2. The molecule has 2 saturated carbocycles. The molecule has 1 heterocycles. The third-order valence-corrected chi connectivity index (χ3v) is 5.00. The molecule has 6 nitrogen and oxygen atoms in total. The van der Waals surface area contributed by atoms with Gasteiger partial charge in [-0.3, -0.25) is 0 Å². The predicted molar refractivity (Wildman–Crippen MR) is 92.5 cm³/mol. The van der Waals surface area contributed by atoms with Gasteiger partial charge in [0.2, 0.25) is 0 Å². The molecule has 0 atom stereocenters. The average molecular weight is 324 g/mol. The Hall–Kier alpha value is -2.34. The molecular formula is C18H24N6. The minimum Gasteiger partial charge on any atom is -0.364 e. The fraction of sp³-hybridized carbons (Fsp3) is 0.667. The highest BCUT2D eigenvalue weighted by Gasteiger charge is 2.21. The fourth-order valence-corrected chi connectivity index (χ4v) is 3.67. The second kappa shape index (κ2) is 7.97. The summed E-state index contributed by atoms with van der Waals surface area (Å²) in [5, 5.41) is 25.4.